The third-order valence-corrected chi connectivity index (χ3v) is 6.20. The molecule has 0 bridgehead atoms. The van der Waals surface area contributed by atoms with Crippen molar-refractivity contribution < 1.29 is 19.1 Å². The Morgan fingerprint density at radius 2 is 1.81 bits per heavy atom. The van der Waals surface area contributed by atoms with Gasteiger partial charge in [-0.15, -0.1) is 0 Å². The van der Waals surface area contributed by atoms with Crippen LogP contribution in [-0.4, -0.2) is 53.0 Å². The van der Waals surface area contributed by atoms with E-state index in [0.717, 1.165) is 11.1 Å². The normalized spacial score (nSPS) is 12.7. The molecule has 0 aliphatic carbocycles. The summed E-state index contributed by atoms with van der Waals surface area (Å²) in [5.74, 6) is 0.00745. The molecule has 8 heteroatoms. The van der Waals surface area contributed by atoms with Gasteiger partial charge in [0.05, 0.1) is 0 Å². The second-order valence-corrected chi connectivity index (χ2v) is 10.6. The molecule has 0 aliphatic heterocycles. The van der Waals surface area contributed by atoms with Crippen LogP contribution in [0.3, 0.4) is 0 Å². The lowest BCUT2D eigenvalue weighted by molar-refractivity contribution is -0.142. The number of nitrogens with zero attached hydrogens (tertiary/aromatic N) is 1. The minimum absolute atomic E-state index is 0.270. The van der Waals surface area contributed by atoms with Crippen molar-refractivity contribution in [3.05, 3.63) is 77.9 Å². The maximum Gasteiger partial charge on any atom is 0.408 e. The maximum atomic E-state index is 13.9. The van der Waals surface area contributed by atoms with E-state index < -0.39 is 23.8 Å². The van der Waals surface area contributed by atoms with Gasteiger partial charge >= 0.3 is 6.09 Å². The number of benzene rings is 2. The van der Waals surface area contributed by atoms with Crippen molar-refractivity contribution in [1.29, 1.82) is 0 Å². The van der Waals surface area contributed by atoms with E-state index in [1.807, 2.05) is 67.8 Å². The first kappa shape index (κ1) is 30.0. The minimum Gasteiger partial charge on any atom is -0.444 e. The van der Waals surface area contributed by atoms with Crippen LogP contribution in [0.4, 0.5) is 4.79 Å². The largest absolute Gasteiger partial charge is 0.444 e. The van der Waals surface area contributed by atoms with Gasteiger partial charge in [-0.2, -0.15) is 11.8 Å². The Labute approximate surface area is 225 Å². The smallest absolute Gasteiger partial charge is 0.408 e. The average Bonchev–Trinajstić information content (AvgIpc) is 2.87. The van der Waals surface area contributed by atoms with Gasteiger partial charge in [-0.3, -0.25) is 9.59 Å². The van der Waals surface area contributed by atoms with Crippen molar-refractivity contribution in [2.75, 3.05) is 18.6 Å². The van der Waals surface area contributed by atoms with Crippen molar-refractivity contribution >= 4 is 35.7 Å². The quantitative estimate of drug-likeness (QED) is 0.399. The fraction of sp³-hybridized carbons (Fsp3) is 0.414. The second kappa shape index (κ2) is 14.5. The van der Waals surface area contributed by atoms with Crippen molar-refractivity contribution in [1.82, 2.24) is 15.5 Å². The first-order valence-electron chi connectivity index (χ1n) is 12.4. The zero-order chi connectivity index (χ0) is 27.4. The molecule has 2 aromatic rings. The van der Waals surface area contributed by atoms with E-state index >= 15 is 0 Å². The third kappa shape index (κ3) is 9.61. The first-order chi connectivity index (χ1) is 17.6. The van der Waals surface area contributed by atoms with E-state index in [4.69, 9.17) is 4.74 Å². The molecule has 2 N–H and O–H groups in total. The number of rotatable bonds is 12. The lowest BCUT2D eigenvalue weighted by atomic mass is 10.00. The van der Waals surface area contributed by atoms with Gasteiger partial charge in [0, 0.05) is 13.1 Å². The number of amides is 3. The number of nitrogens with one attached hydrogen (secondary N) is 2. The summed E-state index contributed by atoms with van der Waals surface area (Å²) in [6, 6.07) is 15.3. The van der Waals surface area contributed by atoms with E-state index in [9.17, 15) is 14.4 Å². The van der Waals surface area contributed by atoms with Gasteiger partial charge in [-0.25, -0.2) is 4.79 Å². The molecular weight excluding hydrogens is 486 g/mol. The van der Waals surface area contributed by atoms with Crippen LogP contribution >= 0.6 is 11.8 Å². The summed E-state index contributed by atoms with van der Waals surface area (Å²) in [4.78, 5) is 41.6. The predicted molar refractivity (Wildman–Crippen MR) is 151 cm³/mol. The molecule has 0 saturated heterocycles. The highest BCUT2D eigenvalue weighted by atomic mass is 32.2. The van der Waals surface area contributed by atoms with Crippen LogP contribution in [-0.2, 0) is 20.9 Å². The molecule has 2 unspecified atom stereocenters. The lowest BCUT2D eigenvalue weighted by Crippen LogP contribution is -2.53. The van der Waals surface area contributed by atoms with Gasteiger partial charge in [0.1, 0.15) is 17.7 Å². The van der Waals surface area contributed by atoms with E-state index in [-0.39, 0.29) is 18.4 Å². The van der Waals surface area contributed by atoms with Crippen LogP contribution in [0.25, 0.3) is 6.08 Å². The van der Waals surface area contributed by atoms with Gasteiger partial charge in [-0.05, 0) is 68.9 Å². The highest BCUT2D eigenvalue weighted by Crippen LogP contribution is 2.25. The number of carbonyl (C=O) groups is 3. The summed E-state index contributed by atoms with van der Waals surface area (Å²) < 4.78 is 5.40. The van der Waals surface area contributed by atoms with Crippen LogP contribution in [0.2, 0.25) is 0 Å². The SMILES string of the molecule is C=Cc1cccc(C(C(=O)NCc2ccccc2)N(CC)C(=O)C(CCSC)NC(=O)OC(C)(C)C)c1. The van der Waals surface area contributed by atoms with Crippen LogP contribution in [0.15, 0.2) is 61.2 Å². The standard InChI is InChI=1S/C29H39N3O4S/c1-7-21-15-12-16-23(19-21)25(26(33)30-20-22-13-10-9-11-14-22)32(8-2)27(34)24(17-18-37-6)31-28(35)36-29(3,4)5/h7,9-16,19,24-25H,1,8,17-18,20H2,2-6H3,(H,30,33)(H,31,35). The van der Waals surface area contributed by atoms with Crippen LogP contribution in [0.5, 0.6) is 0 Å². The highest BCUT2D eigenvalue weighted by Gasteiger charge is 2.35. The molecule has 2 aromatic carbocycles. The molecule has 0 heterocycles. The van der Waals surface area contributed by atoms with Crippen LogP contribution in [0, 0.1) is 0 Å². The number of likely N-dealkylation sites (N-methyl/N-ethyl adjacent to an activating group) is 1. The van der Waals surface area contributed by atoms with Crippen molar-refractivity contribution in [3.63, 3.8) is 0 Å². The van der Waals surface area contributed by atoms with Gasteiger partial charge in [0.2, 0.25) is 11.8 Å². The zero-order valence-corrected chi connectivity index (χ0v) is 23.3. The van der Waals surface area contributed by atoms with E-state index in [2.05, 4.69) is 17.2 Å². The molecule has 0 saturated carbocycles. The number of carbonyl (C=O) groups excluding carboxylic acids is 3. The second-order valence-electron chi connectivity index (χ2n) is 9.58. The summed E-state index contributed by atoms with van der Waals surface area (Å²) in [5.41, 5.74) is 1.76. The van der Waals surface area contributed by atoms with Crippen molar-refractivity contribution in [3.8, 4) is 0 Å². The molecule has 2 atom stereocenters. The highest BCUT2D eigenvalue weighted by molar-refractivity contribution is 7.98. The summed E-state index contributed by atoms with van der Waals surface area (Å²) >= 11 is 1.58. The summed E-state index contributed by atoms with van der Waals surface area (Å²) in [5, 5.41) is 5.72. The fourth-order valence-electron chi connectivity index (χ4n) is 3.82. The Morgan fingerprint density at radius 1 is 1.11 bits per heavy atom. The van der Waals surface area contributed by atoms with Gasteiger partial charge < -0.3 is 20.3 Å². The van der Waals surface area contributed by atoms with Gasteiger partial charge in [0.25, 0.3) is 0 Å². The predicted octanol–water partition coefficient (Wildman–Crippen LogP) is 5.18. The molecule has 3 amide bonds. The molecule has 0 aromatic heterocycles. The van der Waals surface area contributed by atoms with Crippen molar-refractivity contribution in [2.24, 2.45) is 0 Å². The maximum absolute atomic E-state index is 13.9. The van der Waals surface area contributed by atoms with E-state index in [1.165, 1.54) is 4.90 Å². The monoisotopic (exact) mass is 525 g/mol. The Kier molecular flexibility index (Phi) is 11.7. The number of thioether (sulfide) groups is 1. The Hall–Kier alpha value is -3.26. The Morgan fingerprint density at radius 3 is 2.41 bits per heavy atom. The molecule has 0 radical (unpaired) electrons. The number of ether oxygens (including phenoxy) is 1. The van der Waals surface area contributed by atoms with Crippen LogP contribution in [0.1, 0.15) is 56.8 Å². The molecule has 0 fully saturated rings. The lowest BCUT2D eigenvalue weighted by Gasteiger charge is -2.34. The molecule has 7 nitrogen and oxygen atoms in total. The van der Waals surface area contributed by atoms with Crippen LogP contribution < -0.4 is 10.6 Å². The van der Waals surface area contributed by atoms with Crippen molar-refractivity contribution in [2.45, 2.75) is 58.3 Å². The molecule has 200 valence electrons. The minimum atomic E-state index is -0.890. The fourth-order valence-corrected chi connectivity index (χ4v) is 4.29. The molecule has 0 spiro atoms. The first-order valence-corrected chi connectivity index (χ1v) is 13.8. The summed E-state index contributed by atoms with van der Waals surface area (Å²) in [7, 11) is 0. The third-order valence-electron chi connectivity index (χ3n) is 5.56. The zero-order valence-electron chi connectivity index (χ0n) is 22.5. The summed E-state index contributed by atoms with van der Waals surface area (Å²) in [6.45, 7) is 11.6. The molecule has 2 rings (SSSR count). The van der Waals surface area contributed by atoms with E-state index in [1.54, 1.807) is 38.6 Å². The number of alkyl carbamates (subject to hydrolysis) is 1. The molecular formula is C29H39N3O4S. The Bertz CT molecular complexity index is 1050. The van der Waals surface area contributed by atoms with Gasteiger partial charge in [0.15, 0.2) is 0 Å². The summed E-state index contributed by atoms with van der Waals surface area (Å²) in [6.07, 6.45) is 3.38. The Balaban J connectivity index is 2.39. The average molecular weight is 526 g/mol. The molecule has 0 aliphatic rings. The topological polar surface area (TPSA) is 87.7 Å². The number of hydrogen-bond donors (Lipinski definition) is 2. The number of hydrogen-bond acceptors (Lipinski definition) is 5. The van der Waals surface area contributed by atoms with E-state index in [0.29, 0.717) is 24.3 Å². The van der Waals surface area contributed by atoms with Gasteiger partial charge in [-0.1, -0.05) is 61.2 Å². The molecule has 37 heavy (non-hydrogen) atoms.